The number of halogens is 3. The van der Waals surface area contributed by atoms with Crippen LogP contribution in [0.2, 0.25) is 0 Å². The molecule has 0 saturated heterocycles. The Labute approximate surface area is 182 Å². The molecule has 0 aliphatic carbocycles. The van der Waals surface area contributed by atoms with E-state index in [0.717, 1.165) is 0 Å². The second-order valence-electron chi connectivity index (χ2n) is 7.15. The number of nitrogens with zero attached hydrogens (tertiary/aromatic N) is 1. The van der Waals surface area contributed by atoms with Gasteiger partial charge in [0.05, 0.1) is 17.0 Å². The first kappa shape index (κ1) is 23.8. The number of carbonyl (C=O) groups excluding carboxylic acids is 1. The molecule has 32 heavy (non-hydrogen) atoms. The molecule has 2 unspecified atom stereocenters. The van der Waals surface area contributed by atoms with Crippen molar-refractivity contribution < 1.29 is 36.2 Å². The molecular weight excluding hydrogens is 449 g/mol. The van der Waals surface area contributed by atoms with E-state index >= 15 is 0 Å². The highest BCUT2D eigenvalue weighted by molar-refractivity contribution is 7.90. The highest BCUT2D eigenvalue weighted by Crippen LogP contribution is 2.29. The standard InChI is InChI=1S/C21H21F3N2O5S/c1-13-6-3-4-9-18(13)32(29,30)26-11-10-16-15(7-5-8-17(16)26)14(2)25-12-19(27)31-20(28)21(22,23)24/h3-11,14,19,25,27H,12H2,1-2H3. The zero-order valence-electron chi connectivity index (χ0n) is 17.1. The van der Waals surface area contributed by atoms with Crippen LogP contribution in [0.25, 0.3) is 10.9 Å². The lowest BCUT2D eigenvalue weighted by molar-refractivity contribution is -0.218. The highest BCUT2D eigenvalue weighted by atomic mass is 32.2. The van der Waals surface area contributed by atoms with Gasteiger partial charge in [-0.2, -0.15) is 13.2 Å². The third-order valence-corrected chi connectivity index (χ3v) is 6.75. The van der Waals surface area contributed by atoms with Crippen LogP contribution in [-0.4, -0.2) is 42.5 Å². The van der Waals surface area contributed by atoms with Crippen LogP contribution in [0.5, 0.6) is 0 Å². The Morgan fingerprint density at radius 3 is 2.50 bits per heavy atom. The number of aliphatic hydroxyl groups excluding tert-OH is 1. The molecule has 0 bridgehead atoms. The number of hydrogen-bond acceptors (Lipinski definition) is 6. The SMILES string of the molecule is Cc1ccccc1S(=O)(=O)n1ccc2c(C(C)NCC(O)OC(=O)C(F)(F)F)cccc21. The number of esters is 1. The minimum atomic E-state index is -5.20. The number of nitrogens with one attached hydrogen (secondary N) is 1. The smallest absolute Gasteiger partial charge is 0.428 e. The van der Waals surface area contributed by atoms with Gasteiger partial charge in [0.2, 0.25) is 6.29 Å². The maximum Gasteiger partial charge on any atom is 0.491 e. The molecule has 0 fully saturated rings. The number of alkyl halides is 3. The Balaban J connectivity index is 1.84. The van der Waals surface area contributed by atoms with Crippen molar-refractivity contribution in [2.75, 3.05) is 6.54 Å². The molecule has 1 heterocycles. The van der Waals surface area contributed by atoms with E-state index in [4.69, 9.17) is 0 Å². The molecule has 0 aliphatic heterocycles. The predicted octanol–water partition coefficient (Wildman–Crippen LogP) is 3.26. The molecule has 11 heteroatoms. The largest absolute Gasteiger partial charge is 0.491 e. The number of aryl methyl sites for hydroxylation is 1. The monoisotopic (exact) mass is 470 g/mol. The number of aliphatic hydroxyl groups is 1. The summed E-state index contributed by atoms with van der Waals surface area (Å²) in [7, 11) is -3.86. The number of fused-ring (bicyclic) bond motifs is 1. The van der Waals surface area contributed by atoms with Crippen LogP contribution in [0.3, 0.4) is 0 Å². The van der Waals surface area contributed by atoms with E-state index in [1.54, 1.807) is 56.3 Å². The first-order valence-electron chi connectivity index (χ1n) is 9.53. The maximum atomic E-state index is 13.2. The fraction of sp³-hybridized carbons (Fsp3) is 0.286. The predicted molar refractivity (Wildman–Crippen MR) is 110 cm³/mol. The van der Waals surface area contributed by atoms with E-state index in [9.17, 15) is 31.5 Å². The van der Waals surface area contributed by atoms with E-state index < -0.39 is 41.0 Å². The summed E-state index contributed by atoms with van der Waals surface area (Å²) in [5.74, 6) is -2.49. The molecule has 0 spiro atoms. The summed E-state index contributed by atoms with van der Waals surface area (Å²) < 4.78 is 68.2. The second kappa shape index (κ2) is 8.93. The van der Waals surface area contributed by atoms with Crippen molar-refractivity contribution in [3.05, 3.63) is 65.9 Å². The van der Waals surface area contributed by atoms with Gasteiger partial charge >= 0.3 is 12.1 Å². The van der Waals surface area contributed by atoms with Crippen molar-refractivity contribution in [1.82, 2.24) is 9.29 Å². The Morgan fingerprint density at radius 2 is 1.84 bits per heavy atom. The Morgan fingerprint density at radius 1 is 1.16 bits per heavy atom. The molecular formula is C21H21F3N2O5S. The number of aromatic nitrogens is 1. The van der Waals surface area contributed by atoms with Gasteiger partial charge < -0.3 is 15.2 Å². The number of benzene rings is 2. The van der Waals surface area contributed by atoms with Crippen LogP contribution in [0.1, 0.15) is 24.1 Å². The topological polar surface area (TPSA) is 97.6 Å². The van der Waals surface area contributed by atoms with E-state index in [1.165, 1.54) is 16.2 Å². The summed E-state index contributed by atoms with van der Waals surface area (Å²) in [6.07, 6.45) is -5.77. The van der Waals surface area contributed by atoms with Crippen LogP contribution in [0.15, 0.2) is 59.6 Å². The summed E-state index contributed by atoms with van der Waals surface area (Å²) in [6, 6.07) is 12.7. The molecule has 0 amide bonds. The van der Waals surface area contributed by atoms with Crippen LogP contribution >= 0.6 is 0 Å². The van der Waals surface area contributed by atoms with Crippen LogP contribution in [-0.2, 0) is 19.6 Å². The molecule has 0 aliphatic rings. The molecule has 3 rings (SSSR count). The van der Waals surface area contributed by atoms with Crippen molar-refractivity contribution in [2.45, 2.75) is 37.3 Å². The average molecular weight is 470 g/mol. The normalized spacial score (nSPS) is 14.3. The maximum absolute atomic E-state index is 13.2. The van der Waals surface area contributed by atoms with Gasteiger partial charge in [-0.3, -0.25) is 0 Å². The lowest BCUT2D eigenvalue weighted by Gasteiger charge is -2.19. The minimum Gasteiger partial charge on any atom is -0.428 e. The number of ether oxygens (including phenoxy) is 1. The summed E-state index contributed by atoms with van der Waals surface area (Å²) in [6.45, 7) is 2.93. The first-order valence-corrected chi connectivity index (χ1v) is 11.0. The number of hydrogen-bond donors (Lipinski definition) is 2. The molecule has 1 aromatic heterocycles. The first-order chi connectivity index (χ1) is 14.9. The van der Waals surface area contributed by atoms with Crippen molar-refractivity contribution in [1.29, 1.82) is 0 Å². The van der Waals surface area contributed by atoms with Crippen molar-refractivity contribution >= 4 is 26.9 Å². The number of rotatable bonds is 7. The molecule has 7 nitrogen and oxygen atoms in total. The number of carbonyl (C=O) groups is 1. The molecule has 2 aromatic carbocycles. The van der Waals surface area contributed by atoms with Gasteiger partial charge in [0.15, 0.2) is 0 Å². The zero-order valence-corrected chi connectivity index (χ0v) is 17.9. The van der Waals surface area contributed by atoms with Gasteiger partial charge in [-0.05, 0) is 43.2 Å². The van der Waals surface area contributed by atoms with Gasteiger partial charge in [-0.1, -0.05) is 30.3 Å². The third-order valence-electron chi connectivity index (χ3n) is 4.90. The van der Waals surface area contributed by atoms with Gasteiger partial charge in [0.25, 0.3) is 10.0 Å². The van der Waals surface area contributed by atoms with Gasteiger partial charge in [-0.25, -0.2) is 17.2 Å². The van der Waals surface area contributed by atoms with E-state index in [1.807, 2.05) is 0 Å². The summed E-state index contributed by atoms with van der Waals surface area (Å²) in [5.41, 5.74) is 1.67. The lowest BCUT2D eigenvalue weighted by atomic mass is 10.0. The van der Waals surface area contributed by atoms with Gasteiger partial charge in [-0.15, -0.1) is 0 Å². The average Bonchev–Trinajstić information content (AvgIpc) is 3.16. The lowest BCUT2D eigenvalue weighted by Crippen LogP contribution is -2.36. The van der Waals surface area contributed by atoms with Crippen LogP contribution in [0.4, 0.5) is 13.2 Å². The Bertz CT molecular complexity index is 1240. The van der Waals surface area contributed by atoms with Crippen LogP contribution < -0.4 is 5.32 Å². The molecule has 0 radical (unpaired) electrons. The second-order valence-corrected chi connectivity index (χ2v) is 8.93. The molecule has 2 N–H and O–H groups in total. The fourth-order valence-corrected chi connectivity index (χ4v) is 4.90. The van der Waals surface area contributed by atoms with E-state index in [-0.39, 0.29) is 4.90 Å². The summed E-state index contributed by atoms with van der Waals surface area (Å²) in [4.78, 5) is 11.0. The van der Waals surface area contributed by atoms with E-state index in [2.05, 4.69) is 10.1 Å². The molecule has 2 atom stereocenters. The highest BCUT2D eigenvalue weighted by Gasteiger charge is 2.42. The van der Waals surface area contributed by atoms with Crippen molar-refractivity contribution in [3.8, 4) is 0 Å². The summed E-state index contributed by atoms with van der Waals surface area (Å²) in [5, 5.41) is 13.0. The zero-order chi connectivity index (χ0) is 23.7. The Hall–Kier alpha value is -2.89. The van der Waals surface area contributed by atoms with Gasteiger partial charge in [0, 0.05) is 17.6 Å². The summed E-state index contributed by atoms with van der Waals surface area (Å²) >= 11 is 0. The minimum absolute atomic E-state index is 0.170. The van der Waals surface area contributed by atoms with Gasteiger partial charge in [0.1, 0.15) is 0 Å². The fourth-order valence-electron chi connectivity index (χ4n) is 3.33. The third kappa shape index (κ3) is 4.79. The molecule has 0 saturated carbocycles. The quantitative estimate of drug-likeness (QED) is 0.406. The molecule has 3 aromatic rings. The van der Waals surface area contributed by atoms with Crippen molar-refractivity contribution in [3.63, 3.8) is 0 Å². The Kier molecular flexibility index (Phi) is 6.63. The molecule has 172 valence electrons. The van der Waals surface area contributed by atoms with Crippen LogP contribution in [0, 0.1) is 6.92 Å². The van der Waals surface area contributed by atoms with E-state index in [0.29, 0.717) is 22.0 Å². The van der Waals surface area contributed by atoms with Crippen molar-refractivity contribution in [2.24, 2.45) is 0 Å².